The van der Waals surface area contributed by atoms with E-state index < -0.39 is 0 Å². The summed E-state index contributed by atoms with van der Waals surface area (Å²) in [5.41, 5.74) is 3.16. The molecule has 2 nitrogen and oxygen atoms in total. The van der Waals surface area contributed by atoms with Crippen LogP contribution in [0, 0.1) is 13.8 Å². The van der Waals surface area contributed by atoms with Gasteiger partial charge in [-0.1, -0.05) is 12.1 Å². The van der Waals surface area contributed by atoms with Crippen LogP contribution in [0.4, 0.5) is 0 Å². The molecular weight excluding hydrogens is 200 g/mol. The van der Waals surface area contributed by atoms with E-state index in [1.807, 2.05) is 26.0 Å². The molecule has 3 rings (SSSR count). The van der Waals surface area contributed by atoms with Gasteiger partial charge in [0.2, 0.25) is 11.6 Å². The molecule has 0 saturated carbocycles. The van der Waals surface area contributed by atoms with Crippen LogP contribution in [0.5, 0.6) is 0 Å². The minimum atomic E-state index is -0.366. The third-order valence-electron chi connectivity index (χ3n) is 3.03. The number of rotatable bonds is 0. The highest BCUT2D eigenvalue weighted by atomic mass is 16.2. The zero-order valence-corrected chi connectivity index (χ0v) is 9.13. The molecule has 0 aromatic heterocycles. The summed E-state index contributed by atoms with van der Waals surface area (Å²) in [4.78, 5) is 23.6. The Morgan fingerprint density at radius 3 is 1.62 bits per heavy atom. The third kappa shape index (κ3) is 1.01. The molecule has 1 aliphatic carbocycles. The smallest absolute Gasteiger partial charge is 0.234 e. The average Bonchev–Trinajstić information content (AvgIpc) is 2.44. The van der Waals surface area contributed by atoms with Crippen LogP contribution >= 0.6 is 0 Å². The number of hydrogen-bond donors (Lipinski definition) is 0. The molecule has 0 radical (unpaired) electrons. The molecule has 2 aromatic carbocycles. The first kappa shape index (κ1) is 9.28. The quantitative estimate of drug-likeness (QED) is 0.626. The van der Waals surface area contributed by atoms with E-state index in [2.05, 4.69) is 0 Å². The number of benzene rings is 2. The standard InChI is InChI=1S/C14H10O2/c1-7-3-9-4-8(2)6-11-12(9)10(5-7)13(15)14(11)16/h3-6H,1-2H3. The van der Waals surface area contributed by atoms with E-state index in [0.29, 0.717) is 11.1 Å². The third-order valence-corrected chi connectivity index (χ3v) is 3.03. The van der Waals surface area contributed by atoms with Crippen molar-refractivity contribution < 1.29 is 9.59 Å². The second kappa shape index (κ2) is 2.79. The maximum atomic E-state index is 11.8. The molecular formula is C14H10O2. The van der Waals surface area contributed by atoms with Crippen molar-refractivity contribution in [1.29, 1.82) is 0 Å². The lowest BCUT2D eigenvalue weighted by atomic mass is 10.00. The van der Waals surface area contributed by atoms with Crippen LogP contribution in [-0.2, 0) is 0 Å². The fourth-order valence-electron chi connectivity index (χ4n) is 2.42. The second-order valence-corrected chi connectivity index (χ2v) is 4.38. The Kier molecular flexibility index (Phi) is 1.62. The first-order chi connectivity index (χ1) is 7.58. The van der Waals surface area contributed by atoms with E-state index >= 15 is 0 Å². The summed E-state index contributed by atoms with van der Waals surface area (Å²) in [6, 6.07) is 7.63. The molecule has 2 heteroatoms. The summed E-state index contributed by atoms with van der Waals surface area (Å²) in [5, 5.41) is 1.82. The van der Waals surface area contributed by atoms with Gasteiger partial charge in [0.05, 0.1) is 0 Å². The highest BCUT2D eigenvalue weighted by molar-refractivity contribution is 6.57. The fraction of sp³-hybridized carbons (Fsp3) is 0.143. The summed E-state index contributed by atoms with van der Waals surface area (Å²) in [5.74, 6) is -0.733. The van der Waals surface area contributed by atoms with Crippen LogP contribution in [0.2, 0.25) is 0 Å². The zero-order valence-electron chi connectivity index (χ0n) is 9.13. The highest BCUT2D eigenvalue weighted by Gasteiger charge is 2.30. The van der Waals surface area contributed by atoms with Gasteiger partial charge in [-0.05, 0) is 42.5 Å². The lowest BCUT2D eigenvalue weighted by Crippen LogP contribution is -2.06. The van der Waals surface area contributed by atoms with Crippen molar-refractivity contribution in [3.05, 3.63) is 46.5 Å². The van der Waals surface area contributed by atoms with Crippen LogP contribution in [0.1, 0.15) is 31.8 Å². The maximum absolute atomic E-state index is 11.8. The van der Waals surface area contributed by atoms with Crippen LogP contribution < -0.4 is 0 Å². The van der Waals surface area contributed by atoms with Crippen molar-refractivity contribution in [2.75, 3.05) is 0 Å². The van der Waals surface area contributed by atoms with Gasteiger partial charge in [-0.2, -0.15) is 0 Å². The SMILES string of the molecule is Cc1cc2c3c(cc(C)cc3c1)C(=O)C2=O. The van der Waals surface area contributed by atoms with Gasteiger partial charge in [0.15, 0.2) is 0 Å². The first-order valence-corrected chi connectivity index (χ1v) is 5.22. The number of ketones is 2. The summed E-state index contributed by atoms with van der Waals surface area (Å²) in [7, 11) is 0. The lowest BCUT2D eigenvalue weighted by Gasteiger charge is -2.03. The van der Waals surface area contributed by atoms with Gasteiger partial charge in [-0.3, -0.25) is 9.59 Å². The van der Waals surface area contributed by atoms with Crippen LogP contribution in [0.15, 0.2) is 24.3 Å². The van der Waals surface area contributed by atoms with E-state index in [1.165, 1.54) is 0 Å². The number of hydrogen-bond acceptors (Lipinski definition) is 2. The minimum absolute atomic E-state index is 0.366. The summed E-state index contributed by atoms with van der Waals surface area (Å²) in [6.45, 7) is 3.88. The second-order valence-electron chi connectivity index (χ2n) is 4.38. The van der Waals surface area contributed by atoms with Gasteiger partial charge in [-0.25, -0.2) is 0 Å². The molecule has 0 amide bonds. The van der Waals surface area contributed by atoms with Gasteiger partial charge in [0.25, 0.3) is 0 Å². The fourth-order valence-corrected chi connectivity index (χ4v) is 2.42. The molecule has 2 aromatic rings. The van der Waals surface area contributed by atoms with E-state index in [0.717, 1.165) is 21.9 Å². The lowest BCUT2D eigenvalue weighted by molar-refractivity contribution is 0.0825. The molecule has 16 heavy (non-hydrogen) atoms. The number of carbonyl (C=O) groups is 2. The highest BCUT2D eigenvalue weighted by Crippen LogP contribution is 2.32. The largest absolute Gasteiger partial charge is 0.285 e. The van der Waals surface area contributed by atoms with Gasteiger partial charge in [0, 0.05) is 16.5 Å². The maximum Gasteiger partial charge on any atom is 0.234 e. The Hall–Kier alpha value is -1.96. The van der Waals surface area contributed by atoms with Crippen LogP contribution in [-0.4, -0.2) is 11.6 Å². The van der Waals surface area contributed by atoms with E-state index in [1.54, 1.807) is 12.1 Å². The number of carbonyl (C=O) groups excluding carboxylic acids is 2. The van der Waals surface area contributed by atoms with Crippen molar-refractivity contribution in [3.63, 3.8) is 0 Å². The first-order valence-electron chi connectivity index (χ1n) is 5.22. The molecule has 0 spiro atoms. The topological polar surface area (TPSA) is 34.1 Å². The molecule has 0 atom stereocenters. The molecule has 78 valence electrons. The number of Topliss-reactive ketones (excluding diaryl/α,β-unsaturated/α-hetero) is 2. The van der Waals surface area contributed by atoms with Gasteiger partial charge in [-0.15, -0.1) is 0 Å². The molecule has 0 N–H and O–H groups in total. The Balaban J connectivity index is 2.59. The normalized spacial score (nSPS) is 13.9. The summed E-state index contributed by atoms with van der Waals surface area (Å²) < 4.78 is 0. The average molecular weight is 210 g/mol. The van der Waals surface area contributed by atoms with Gasteiger partial charge >= 0.3 is 0 Å². The predicted molar refractivity (Wildman–Crippen MR) is 62.1 cm³/mol. The Labute approximate surface area is 92.9 Å². The van der Waals surface area contributed by atoms with E-state index in [4.69, 9.17) is 0 Å². The summed E-state index contributed by atoms with van der Waals surface area (Å²) in [6.07, 6.45) is 0. The molecule has 0 saturated heterocycles. The molecule has 0 unspecified atom stereocenters. The van der Waals surface area contributed by atoms with Gasteiger partial charge < -0.3 is 0 Å². The van der Waals surface area contributed by atoms with Crippen molar-refractivity contribution >= 4 is 22.3 Å². The van der Waals surface area contributed by atoms with Crippen molar-refractivity contribution in [3.8, 4) is 0 Å². The van der Waals surface area contributed by atoms with Crippen molar-refractivity contribution in [2.24, 2.45) is 0 Å². The molecule has 0 heterocycles. The molecule has 1 aliphatic rings. The number of aryl methyl sites for hydroxylation is 2. The van der Waals surface area contributed by atoms with Crippen molar-refractivity contribution in [2.45, 2.75) is 13.8 Å². The monoisotopic (exact) mass is 210 g/mol. The molecule has 0 aliphatic heterocycles. The molecule has 0 bridgehead atoms. The Morgan fingerprint density at radius 1 is 0.750 bits per heavy atom. The van der Waals surface area contributed by atoms with Crippen LogP contribution in [0.25, 0.3) is 10.8 Å². The Bertz CT molecular complexity index is 611. The molecule has 0 fully saturated rings. The van der Waals surface area contributed by atoms with E-state index in [-0.39, 0.29) is 11.6 Å². The van der Waals surface area contributed by atoms with E-state index in [9.17, 15) is 9.59 Å². The van der Waals surface area contributed by atoms with Crippen molar-refractivity contribution in [1.82, 2.24) is 0 Å². The van der Waals surface area contributed by atoms with Crippen LogP contribution in [0.3, 0.4) is 0 Å². The predicted octanol–water partition coefficient (Wildman–Crippen LogP) is 2.84. The zero-order chi connectivity index (χ0) is 11.4. The minimum Gasteiger partial charge on any atom is -0.285 e. The summed E-state index contributed by atoms with van der Waals surface area (Å²) >= 11 is 0. The Morgan fingerprint density at radius 2 is 1.19 bits per heavy atom. The van der Waals surface area contributed by atoms with Gasteiger partial charge in [0.1, 0.15) is 0 Å².